The lowest BCUT2D eigenvalue weighted by Crippen LogP contribution is -2.38. The van der Waals surface area contributed by atoms with E-state index < -0.39 is 0 Å². The second-order valence-corrected chi connectivity index (χ2v) is 6.46. The zero-order valence-corrected chi connectivity index (χ0v) is 13.1. The molecule has 0 saturated carbocycles. The van der Waals surface area contributed by atoms with Crippen molar-refractivity contribution < 1.29 is 0 Å². The second kappa shape index (κ2) is 6.83. The second-order valence-electron chi connectivity index (χ2n) is 5.65. The lowest BCUT2D eigenvalue weighted by Gasteiger charge is -2.28. The highest BCUT2D eigenvalue weighted by Gasteiger charge is 2.21. The number of para-hydroxylation sites is 1. The topological polar surface area (TPSA) is 15.3 Å². The van der Waals surface area contributed by atoms with Crippen molar-refractivity contribution in [2.24, 2.45) is 5.92 Å². The van der Waals surface area contributed by atoms with Crippen molar-refractivity contribution in [3.8, 4) is 0 Å². The highest BCUT2D eigenvalue weighted by molar-refractivity contribution is 6.39. The minimum atomic E-state index is 0.509. The van der Waals surface area contributed by atoms with E-state index in [1.807, 2.05) is 18.2 Å². The standard InChI is InChI=1S/C15H22Cl2N2/c1-11(2)9-12-10-19(8-4-7-18-12)15-13(16)5-3-6-14(15)17/h3,5-6,11-12,18H,4,7-10H2,1-2H3. The molecule has 0 aliphatic carbocycles. The molecule has 0 aromatic heterocycles. The maximum Gasteiger partial charge on any atom is 0.0745 e. The predicted molar refractivity (Wildman–Crippen MR) is 84.5 cm³/mol. The molecule has 0 amide bonds. The van der Waals surface area contributed by atoms with Crippen LogP contribution in [0.25, 0.3) is 0 Å². The molecule has 1 aromatic carbocycles. The van der Waals surface area contributed by atoms with Gasteiger partial charge in [0.25, 0.3) is 0 Å². The first-order valence-corrected chi connectivity index (χ1v) is 7.76. The van der Waals surface area contributed by atoms with Crippen molar-refractivity contribution in [1.82, 2.24) is 5.32 Å². The molecule has 1 aliphatic heterocycles. The van der Waals surface area contributed by atoms with E-state index in [-0.39, 0.29) is 0 Å². The van der Waals surface area contributed by atoms with E-state index in [1.165, 1.54) is 6.42 Å². The van der Waals surface area contributed by atoms with Gasteiger partial charge in [-0.1, -0.05) is 43.1 Å². The van der Waals surface area contributed by atoms with Crippen LogP contribution in [0.4, 0.5) is 5.69 Å². The first-order valence-electron chi connectivity index (χ1n) is 7.00. The Morgan fingerprint density at radius 3 is 2.63 bits per heavy atom. The van der Waals surface area contributed by atoms with E-state index in [0.29, 0.717) is 12.0 Å². The number of benzene rings is 1. The van der Waals surface area contributed by atoms with Crippen LogP contribution in [-0.2, 0) is 0 Å². The molecule has 1 aliphatic rings. The monoisotopic (exact) mass is 300 g/mol. The SMILES string of the molecule is CC(C)CC1CN(c2c(Cl)cccc2Cl)CCCN1. The summed E-state index contributed by atoms with van der Waals surface area (Å²) < 4.78 is 0. The third-order valence-electron chi connectivity index (χ3n) is 3.49. The molecule has 2 rings (SSSR count). The molecule has 1 fully saturated rings. The maximum atomic E-state index is 6.32. The highest BCUT2D eigenvalue weighted by atomic mass is 35.5. The van der Waals surface area contributed by atoms with E-state index >= 15 is 0 Å². The Hall–Kier alpha value is -0.440. The van der Waals surface area contributed by atoms with Crippen LogP contribution in [-0.4, -0.2) is 25.7 Å². The third kappa shape index (κ3) is 4.01. The average molecular weight is 301 g/mol. The van der Waals surface area contributed by atoms with Gasteiger partial charge in [0, 0.05) is 19.1 Å². The van der Waals surface area contributed by atoms with Crippen LogP contribution in [0, 0.1) is 5.92 Å². The van der Waals surface area contributed by atoms with Gasteiger partial charge in [-0.2, -0.15) is 0 Å². The Bertz CT molecular complexity index is 400. The Balaban J connectivity index is 2.18. The highest BCUT2D eigenvalue weighted by Crippen LogP contribution is 2.34. The summed E-state index contributed by atoms with van der Waals surface area (Å²) in [7, 11) is 0. The number of rotatable bonds is 3. The summed E-state index contributed by atoms with van der Waals surface area (Å²) in [6.07, 6.45) is 2.30. The van der Waals surface area contributed by atoms with E-state index in [9.17, 15) is 0 Å². The summed E-state index contributed by atoms with van der Waals surface area (Å²) in [4.78, 5) is 2.33. The predicted octanol–water partition coefficient (Wildman–Crippen LogP) is 4.21. The Kier molecular flexibility index (Phi) is 5.37. The molecule has 1 saturated heterocycles. The first-order chi connectivity index (χ1) is 9.08. The molecule has 1 unspecified atom stereocenters. The molecule has 19 heavy (non-hydrogen) atoms. The largest absolute Gasteiger partial charge is 0.368 e. The molecule has 1 N–H and O–H groups in total. The third-order valence-corrected chi connectivity index (χ3v) is 4.10. The quantitative estimate of drug-likeness (QED) is 0.899. The summed E-state index contributed by atoms with van der Waals surface area (Å²) in [6, 6.07) is 6.24. The lowest BCUT2D eigenvalue weighted by molar-refractivity contribution is 0.436. The van der Waals surface area contributed by atoms with Gasteiger partial charge in [-0.3, -0.25) is 0 Å². The van der Waals surface area contributed by atoms with E-state index in [0.717, 1.165) is 41.8 Å². The fraction of sp³-hybridized carbons (Fsp3) is 0.600. The van der Waals surface area contributed by atoms with Crippen molar-refractivity contribution in [2.45, 2.75) is 32.7 Å². The Morgan fingerprint density at radius 1 is 1.32 bits per heavy atom. The molecule has 1 atom stereocenters. The fourth-order valence-electron chi connectivity index (χ4n) is 2.72. The summed E-state index contributed by atoms with van der Waals surface area (Å²) in [6.45, 7) is 7.57. The zero-order chi connectivity index (χ0) is 13.8. The van der Waals surface area contributed by atoms with Crippen molar-refractivity contribution in [2.75, 3.05) is 24.5 Å². The fourth-order valence-corrected chi connectivity index (χ4v) is 3.36. The molecule has 2 nitrogen and oxygen atoms in total. The molecule has 0 radical (unpaired) electrons. The number of nitrogens with zero attached hydrogens (tertiary/aromatic N) is 1. The van der Waals surface area contributed by atoms with E-state index in [2.05, 4.69) is 24.1 Å². The van der Waals surface area contributed by atoms with Crippen LogP contribution in [0.1, 0.15) is 26.7 Å². The van der Waals surface area contributed by atoms with Gasteiger partial charge in [0.1, 0.15) is 0 Å². The summed E-state index contributed by atoms with van der Waals surface area (Å²) >= 11 is 12.6. The average Bonchev–Trinajstić information content (AvgIpc) is 2.54. The van der Waals surface area contributed by atoms with Gasteiger partial charge in [0.2, 0.25) is 0 Å². The van der Waals surface area contributed by atoms with Crippen LogP contribution in [0.2, 0.25) is 10.0 Å². The van der Waals surface area contributed by atoms with Crippen LogP contribution in [0.3, 0.4) is 0 Å². The molecule has 4 heteroatoms. The van der Waals surface area contributed by atoms with Crippen molar-refractivity contribution in [3.63, 3.8) is 0 Å². The number of anilines is 1. The molecule has 1 aromatic rings. The van der Waals surface area contributed by atoms with Gasteiger partial charge >= 0.3 is 0 Å². The minimum absolute atomic E-state index is 0.509. The van der Waals surface area contributed by atoms with E-state index in [1.54, 1.807) is 0 Å². The maximum absolute atomic E-state index is 6.32. The Labute approximate surface area is 126 Å². The van der Waals surface area contributed by atoms with Crippen molar-refractivity contribution in [3.05, 3.63) is 28.2 Å². The molecule has 106 valence electrons. The van der Waals surface area contributed by atoms with Gasteiger partial charge in [-0.25, -0.2) is 0 Å². The van der Waals surface area contributed by atoms with Crippen molar-refractivity contribution in [1.29, 1.82) is 0 Å². The minimum Gasteiger partial charge on any atom is -0.368 e. The van der Waals surface area contributed by atoms with Gasteiger partial charge in [-0.15, -0.1) is 0 Å². The van der Waals surface area contributed by atoms with E-state index in [4.69, 9.17) is 23.2 Å². The Morgan fingerprint density at radius 2 is 2.00 bits per heavy atom. The number of hydrogen-bond donors (Lipinski definition) is 1. The van der Waals surface area contributed by atoms with Crippen molar-refractivity contribution >= 4 is 28.9 Å². The van der Waals surface area contributed by atoms with Crippen LogP contribution in [0.15, 0.2) is 18.2 Å². The first kappa shape index (κ1) is 15.0. The van der Waals surface area contributed by atoms with Crippen LogP contribution >= 0.6 is 23.2 Å². The van der Waals surface area contributed by atoms with Gasteiger partial charge in [0.05, 0.1) is 15.7 Å². The number of nitrogens with one attached hydrogen (secondary N) is 1. The van der Waals surface area contributed by atoms with Crippen LogP contribution in [0.5, 0.6) is 0 Å². The number of halogens is 2. The molecule has 1 heterocycles. The van der Waals surface area contributed by atoms with Gasteiger partial charge in [-0.05, 0) is 37.4 Å². The normalized spacial score (nSPS) is 20.7. The summed E-state index contributed by atoms with van der Waals surface area (Å²) in [5.41, 5.74) is 0.989. The zero-order valence-electron chi connectivity index (χ0n) is 11.6. The molecule has 0 spiro atoms. The van der Waals surface area contributed by atoms with Gasteiger partial charge < -0.3 is 10.2 Å². The molecular weight excluding hydrogens is 279 g/mol. The summed E-state index contributed by atoms with van der Waals surface area (Å²) in [5.74, 6) is 0.694. The summed E-state index contributed by atoms with van der Waals surface area (Å²) in [5, 5.41) is 5.12. The molecular formula is C15H22Cl2N2. The number of hydrogen-bond acceptors (Lipinski definition) is 2. The molecule has 0 bridgehead atoms. The van der Waals surface area contributed by atoms with Gasteiger partial charge in [0.15, 0.2) is 0 Å². The smallest absolute Gasteiger partial charge is 0.0745 e. The lowest BCUT2D eigenvalue weighted by atomic mass is 10.0. The van der Waals surface area contributed by atoms with Crippen LogP contribution < -0.4 is 10.2 Å².